The quantitative estimate of drug-likeness (QED) is 0.908. The predicted molar refractivity (Wildman–Crippen MR) is 76.5 cm³/mol. The van der Waals surface area contributed by atoms with E-state index in [2.05, 4.69) is 4.98 Å². The summed E-state index contributed by atoms with van der Waals surface area (Å²) in [5.74, 6) is 2.41. The number of ether oxygens (including phenoxy) is 3. The van der Waals surface area contributed by atoms with E-state index in [1.807, 2.05) is 13.0 Å². The molecule has 5 heteroatoms. The summed E-state index contributed by atoms with van der Waals surface area (Å²) >= 11 is 0. The summed E-state index contributed by atoms with van der Waals surface area (Å²) < 4.78 is 16.1. The standard InChI is InChI=1S/C15H18N2O3/c1-10(16)11-4-5-15(17-9-11)20-14-7-12(18-2)6-13(8-14)19-3/h4-10H,16H2,1-3H3/t10-/m0/s1. The normalized spacial score (nSPS) is 11.8. The monoisotopic (exact) mass is 274 g/mol. The van der Waals surface area contributed by atoms with Crippen LogP contribution in [0.5, 0.6) is 23.1 Å². The van der Waals surface area contributed by atoms with Gasteiger partial charge in [-0.2, -0.15) is 0 Å². The molecule has 0 bridgehead atoms. The Labute approximate surface area is 118 Å². The van der Waals surface area contributed by atoms with Gasteiger partial charge in [-0.15, -0.1) is 0 Å². The lowest BCUT2D eigenvalue weighted by atomic mass is 10.2. The number of nitrogens with two attached hydrogens (primary N) is 1. The minimum absolute atomic E-state index is 0.0477. The number of hydrogen-bond acceptors (Lipinski definition) is 5. The van der Waals surface area contributed by atoms with E-state index < -0.39 is 0 Å². The number of nitrogens with zero attached hydrogens (tertiary/aromatic N) is 1. The molecule has 0 saturated carbocycles. The minimum Gasteiger partial charge on any atom is -0.496 e. The fourth-order valence-corrected chi connectivity index (χ4v) is 1.68. The molecule has 2 aromatic rings. The molecule has 106 valence electrons. The molecule has 0 unspecified atom stereocenters. The molecular formula is C15H18N2O3. The van der Waals surface area contributed by atoms with Crippen LogP contribution in [0.25, 0.3) is 0 Å². The van der Waals surface area contributed by atoms with Gasteiger partial charge in [0, 0.05) is 36.5 Å². The molecule has 0 radical (unpaired) electrons. The molecular weight excluding hydrogens is 256 g/mol. The molecule has 0 amide bonds. The van der Waals surface area contributed by atoms with Crippen LogP contribution in [0.3, 0.4) is 0 Å². The first-order chi connectivity index (χ1) is 9.62. The van der Waals surface area contributed by atoms with Gasteiger partial charge in [0.25, 0.3) is 0 Å². The smallest absolute Gasteiger partial charge is 0.219 e. The first-order valence-corrected chi connectivity index (χ1v) is 6.25. The van der Waals surface area contributed by atoms with E-state index >= 15 is 0 Å². The zero-order valence-electron chi connectivity index (χ0n) is 11.8. The largest absolute Gasteiger partial charge is 0.496 e. The summed E-state index contributed by atoms with van der Waals surface area (Å²) in [7, 11) is 3.18. The number of aromatic nitrogens is 1. The first kappa shape index (κ1) is 14.1. The number of pyridine rings is 1. The van der Waals surface area contributed by atoms with Gasteiger partial charge in [0.05, 0.1) is 14.2 Å². The Bertz CT molecular complexity index is 546. The Hall–Kier alpha value is -2.27. The van der Waals surface area contributed by atoms with Crippen molar-refractivity contribution in [2.45, 2.75) is 13.0 Å². The lowest BCUT2D eigenvalue weighted by Crippen LogP contribution is -2.05. The molecule has 20 heavy (non-hydrogen) atoms. The number of benzene rings is 1. The molecule has 0 spiro atoms. The highest BCUT2D eigenvalue weighted by molar-refractivity contribution is 5.43. The Balaban J connectivity index is 2.20. The second-order valence-electron chi connectivity index (χ2n) is 4.37. The van der Waals surface area contributed by atoms with Gasteiger partial charge in [-0.25, -0.2) is 4.98 Å². The third kappa shape index (κ3) is 3.39. The summed E-state index contributed by atoms with van der Waals surface area (Å²) in [6, 6.07) is 8.94. The van der Waals surface area contributed by atoms with Crippen LogP contribution < -0.4 is 19.9 Å². The fraction of sp³-hybridized carbons (Fsp3) is 0.267. The molecule has 0 saturated heterocycles. The van der Waals surface area contributed by atoms with Crippen LogP contribution in [0, 0.1) is 0 Å². The summed E-state index contributed by atoms with van der Waals surface area (Å²) in [5.41, 5.74) is 6.74. The highest BCUT2D eigenvalue weighted by Gasteiger charge is 2.06. The highest BCUT2D eigenvalue weighted by atomic mass is 16.5. The lowest BCUT2D eigenvalue weighted by molar-refractivity contribution is 0.385. The van der Waals surface area contributed by atoms with E-state index in [0.29, 0.717) is 23.1 Å². The van der Waals surface area contributed by atoms with Gasteiger partial charge in [-0.3, -0.25) is 0 Å². The average molecular weight is 274 g/mol. The van der Waals surface area contributed by atoms with E-state index in [9.17, 15) is 0 Å². The van der Waals surface area contributed by atoms with Gasteiger partial charge in [0.1, 0.15) is 17.2 Å². The molecule has 0 aliphatic rings. The average Bonchev–Trinajstić information content (AvgIpc) is 2.47. The zero-order valence-corrected chi connectivity index (χ0v) is 11.8. The molecule has 1 aromatic heterocycles. The maximum atomic E-state index is 5.78. The second-order valence-corrected chi connectivity index (χ2v) is 4.37. The van der Waals surface area contributed by atoms with Crippen molar-refractivity contribution in [1.29, 1.82) is 0 Å². The molecule has 1 heterocycles. The summed E-state index contributed by atoms with van der Waals surface area (Å²) in [6.45, 7) is 1.91. The Kier molecular flexibility index (Phi) is 4.42. The Morgan fingerprint density at radius 2 is 1.60 bits per heavy atom. The van der Waals surface area contributed by atoms with Crippen LogP contribution in [0.1, 0.15) is 18.5 Å². The van der Waals surface area contributed by atoms with Crippen LogP contribution in [-0.4, -0.2) is 19.2 Å². The van der Waals surface area contributed by atoms with E-state index in [1.165, 1.54) is 0 Å². The van der Waals surface area contributed by atoms with Crippen LogP contribution in [-0.2, 0) is 0 Å². The zero-order chi connectivity index (χ0) is 14.5. The van der Waals surface area contributed by atoms with Crippen LogP contribution in [0.2, 0.25) is 0 Å². The van der Waals surface area contributed by atoms with E-state index in [-0.39, 0.29) is 6.04 Å². The molecule has 0 aliphatic heterocycles. The van der Waals surface area contributed by atoms with Crippen molar-refractivity contribution in [3.63, 3.8) is 0 Å². The van der Waals surface area contributed by atoms with Crippen molar-refractivity contribution >= 4 is 0 Å². The molecule has 2 N–H and O–H groups in total. The molecule has 5 nitrogen and oxygen atoms in total. The van der Waals surface area contributed by atoms with Crippen molar-refractivity contribution in [3.8, 4) is 23.1 Å². The second kappa shape index (κ2) is 6.25. The topological polar surface area (TPSA) is 66.6 Å². The third-order valence-electron chi connectivity index (χ3n) is 2.83. The molecule has 2 rings (SSSR count). The van der Waals surface area contributed by atoms with E-state index in [1.54, 1.807) is 44.7 Å². The van der Waals surface area contributed by atoms with Gasteiger partial charge in [0.15, 0.2) is 0 Å². The van der Waals surface area contributed by atoms with Crippen molar-refractivity contribution in [1.82, 2.24) is 4.98 Å². The lowest BCUT2D eigenvalue weighted by Gasteiger charge is -2.10. The SMILES string of the molecule is COc1cc(OC)cc(Oc2ccc([C@H](C)N)cn2)c1. The molecule has 1 aromatic carbocycles. The fourth-order valence-electron chi connectivity index (χ4n) is 1.68. The number of hydrogen-bond donors (Lipinski definition) is 1. The summed E-state index contributed by atoms with van der Waals surface area (Å²) in [5, 5.41) is 0. The molecule has 0 fully saturated rings. The molecule has 1 atom stereocenters. The predicted octanol–water partition coefficient (Wildman–Crippen LogP) is 2.91. The van der Waals surface area contributed by atoms with Gasteiger partial charge in [0.2, 0.25) is 5.88 Å². The van der Waals surface area contributed by atoms with Crippen molar-refractivity contribution < 1.29 is 14.2 Å². The number of methoxy groups -OCH3 is 2. The van der Waals surface area contributed by atoms with Gasteiger partial charge in [-0.1, -0.05) is 6.07 Å². The van der Waals surface area contributed by atoms with Crippen molar-refractivity contribution in [3.05, 3.63) is 42.1 Å². The van der Waals surface area contributed by atoms with Crippen LogP contribution >= 0.6 is 0 Å². The number of rotatable bonds is 5. The summed E-state index contributed by atoms with van der Waals surface area (Å²) in [4.78, 5) is 4.22. The van der Waals surface area contributed by atoms with E-state index in [0.717, 1.165) is 5.56 Å². The van der Waals surface area contributed by atoms with Crippen molar-refractivity contribution in [2.75, 3.05) is 14.2 Å². The molecule has 0 aliphatic carbocycles. The van der Waals surface area contributed by atoms with Gasteiger partial charge in [-0.05, 0) is 12.5 Å². The van der Waals surface area contributed by atoms with Crippen LogP contribution in [0.15, 0.2) is 36.5 Å². The first-order valence-electron chi connectivity index (χ1n) is 6.25. The summed E-state index contributed by atoms with van der Waals surface area (Å²) in [6.07, 6.45) is 1.71. The maximum Gasteiger partial charge on any atom is 0.219 e. The van der Waals surface area contributed by atoms with Crippen molar-refractivity contribution in [2.24, 2.45) is 5.73 Å². The Morgan fingerprint density at radius 3 is 2.05 bits per heavy atom. The Morgan fingerprint density at radius 1 is 1.00 bits per heavy atom. The van der Waals surface area contributed by atoms with Gasteiger partial charge < -0.3 is 19.9 Å². The van der Waals surface area contributed by atoms with E-state index in [4.69, 9.17) is 19.9 Å². The minimum atomic E-state index is -0.0477. The van der Waals surface area contributed by atoms with Gasteiger partial charge >= 0.3 is 0 Å². The third-order valence-corrected chi connectivity index (χ3v) is 2.83. The highest BCUT2D eigenvalue weighted by Crippen LogP contribution is 2.30. The maximum absolute atomic E-state index is 5.78. The van der Waals surface area contributed by atoms with Crippen LogP contribution in [0.4, 0.5) is 0 Å².